The van der Waals surface area contributed by atoms with Gasteiger partial charge in [0, 0.05) is 42.5 Å². The van der Waals surface area contributed by atoms with E-state index in [0.29, 0.717) is 41.4 Å². The number of benzene rings is 1. The molecule has 1 N–H and O–H groups in total. The number of anilines is 1. The Labute approximate surface area is 176 Å². The number of aryl methyl sites for hydroxylation is 1. The third-order valence-electron chi connectivity index (χ3n) is 4.72. The Morgan fingerprint density at radius 2 is 1.97 bits per heavy atom. The van der Waals surface area contributed by atoms with E-state index in [4.69, 9.17) is 5.26 Å². The van der Waals surface area contributed by atoms with Crippen LogP contribution < -0.4 is 5.32 Å². The fourth-order valence-corrected chi connectivity index (χ4v) is 3.16. The van der Waals surface area contributed by atoms with Crippen molar-refractivity contribution in [3.8, 4) is 17.3 Å². The molecule has 6 nitrogen and oxygen atoms in total. The predicted molar refractivity (Wildman–Crippen MR) is 109 cm³/mol. The average molecular weight is 422 g/mol. The first kappa shape index (κ1) is 20.3. The van der Waals surface area contributed by atoms with Crippen LogP contribution in [-0.4, -0.2) is 25.9 Å². The third kappa shape index (κ3) is 4.64. The average Bonchev–Trinajstić information content (AvgIpc) is 3.25. The minimum atomic E-state index is -4.42. The summed E-state index contributed by atoms with van der Waals surface area (Å²) in [7, 11) is 0. The number of hydrogen-bond acceptors (Lipinski definition) is 5. The molecule has 0 saturated carbocycles. The first-order chi connectivity index (χ1) is 14.9. The lowest BCUT2D eigenvalue weighted by molar-refractivity contribution is -0.137. The summed E-state index contributed by atoms with van der Waals surface area (Å²) in [5.74, 6) is 0.496. The summed E-state index contributed by atoms with van der Waals surface area (Å²) in [6.07, 6.45) is 1.93. The molecule has 3 heterocycles. The van der Waals surface area contributed by atoms with Crippen LogP contribution in [0.15, 0.2) is 61.1 Å². The van der Waals surface area contributed by atoms with Gasteiger partial charge < -0.3 is 5.32 Å². The van der Waals surface area contributed by atoms with Crippen LogP contribution >= 0.6 is 0 Å². The molecular weight excluding hydrogens is 405 g/mol. The number of fused-ring (bicyclic) bond motifs is 1. The molecule has 156 valence electrons. The van der Waals surface area contributed by atoms with Crippen LogP contribution in [0.1, 0.15) is 23.2 Å². The van der Waals surface area contributed by atoms with Gasteiger partial charge in [0.25, 0.3) is 0 Å². The first-order valence-electron chi connectivity index (χ1n) is 9.55. The number of nitrogens with zero attached hydrogens (tertiary/aromatic N) is 5. The zero-order valence-electron chi connectivity index (χ0n) is 16.3. The van der Waals surface area contributed by atoms with E-state index in [1.165, 1.54) is 12.3 Å². The Bertz CT molecular complexity index is 1240. The van der Waals surface area contributed by atoms with Gasteiger partial charge in [0.2, 0.25) is 5.95 Å². The molecule has 1 aromatic carbocycles. The Kier molecular flexibility index (Phi) is 5.54. The van der Waals surface area contributed by atoms with E-state index in [0.717, 1.165) is 24.2 Å². The molecule has 0 amide bonds. The number of alkyl halides is 3. The second kappa shape index (κ2) is 8.44. The normalized spacial score (nSPS) is 11.4. The van der Waals surface area contributed by atoms with Gasteiger partial charge in [-0.15, -0.1) is 0 Å². The molecule has 0 atom stereocenters. The van der Waals surface area contributed by atoms with E-state index in [-0.39, 0.29) is 0 Å². The van der Waals surface area contributed by atoms with Crippen molar-refractivity contribution in [2.24, 2.45) is 0 Å². The van der Waals surface area contributed by atoms with Crippen molar-refractivity contribution in [2.75, 3.05) is 11.9 Å². The summed E-state index contributed by atoms with van der Waals surface area (Å²) in [4.78, 5) is 13.0. The maximum Gasteiger partial charge on any atom is 0.416 e. The first-order valence-corrected chi connectivity index (χ1v) is 9.55. The summed E-state index contributed by atoms with van der Waals surface area (Å²) in [6.45, 7) is 0.577. The van der Waals surface area contributed by atoms with Crippen LogP contribution in [0.2, 0.25) is 0 Å². The molecule has 0 fully saturated rings. The molecule has 0 aliphatic heterocycles. The van der Waals surface area contributed by atoms with Gasteiger partial charge in [-0.2, -0.15) is 18.4 Å². The van der Waals surface area contributed by atoms with E-state index in [1.807, 2.05) is 12.1 Å². The van der Waals surface area contributed by atoms with Crippen LogP contribution in [0.25, 0.3) is 16.9 Å². The van der Waals surface area contributed by atoms with Gasteiger partial charge >= 0.3 is 6.18 Å². The van der Waals surface area contributed by atoms with Crippen molar-refractivity contribution in [1.82, 2.24) is 19.4 Å². The number of imidazole rings is 1. The van der Waals surface area contributed by atoms with Crippen molar-refractivity contribution < 1.29 is 13.2 Å². The quantitative estimate of drug-likeness (QED) is 0.455. The molecule has 0 unspecified atom stereocenters. The van der Waals surface area contributed by atoms with Crippen molar-refractivity contribution in [3.63, 3.8) is 0 Å². The summed E-state index contributed by atoms with van der Waals surface area (Å²) in [6, 6.07) is 12.3. The van der Waals surface area contributed by atoms with Gasteiger partial charge in [-0.1, -0.05) is 12.1 Å². The smallest absolute Gasteiger partial charge is 0.355 e. The van der Waals surface area contributed by atoms with Crippen molar-refractivity contribution in [1.29, 1.82) is 5.26 Å². The highest BCUT2D eigenvalue weighted by Crippen LogP contribution is 2.32. The van der Waals surface area contributed by atoms with Crippen LogP contribution in [0.3, 0.4) is 0 Å². The zero-order valence-corrected chi connectivity index (χ0v) is 16.3. The zero-order chi connectivity index (χ0) is 21.8. The summed E-state index contributed by atoms with van der Waals surface area (Å²) >= 11 is 0. The van der Waals surface area contributed by atoms with E-state index in [1.54, 1.807) is 35.0 Å². The van der Waals surface area contributed by atoms with E-state index in [9.17, 15) is 13.2 Å². The predicted octanol–water partition coefficient (Wildman–Crippen LogP) is 4.73. The van der Waals surface area contributed by atoms with Crippen molar-refractivity contribution in [2.45, 2.75) is 19.0 Å². The van der Waals surface area contributed by atoms with Crippen LogP contribution in [0, 0.1) is 11.3 Å². The lowest BCUT2D eigenvalue weighted by Crippen LogP contribution is -2.10. The molecule has 31 heavy (non-hydrogen) atoms. The summed E-state index contributed by atoms with van der Waals surface area (Å²) in [5, 5.41) is 12.1. The highest BCUT2D eigenvalue weighted by atomic mass is 19.4. The third-order valence-corrected chi connectivity index (χ3v) is 4.72. The standard InChI is InChI=1S/C22H17F3N6/c23-22(24,25)17-4-1-3-16(11-17)19-12-20-27-9-10-31(20)21(30-19)28-8-2-5-18-7-6-15(13-26)14-29-18/h1,3-4,6-7,9-12,14H,2,5,8H2,(H,28,30). The monoisotopic (exact) mass is 422 g/mol. The number of aromatic nitrogens is 4. The lowest BCUT2D eigenvalue weighted by Gasteiger charge is -2.12. The van der Waals surface area contributed by atoms with Gasteiger partial charge in [0.15, 0.2) is 0 Å². The van der Waals surface area contributed by atoms with Gasteiger partial charge in [-0.05, 0) is 37.1 Å². The summed E-state index contributed by atoms with van der Waals surface area (Å²) in [5.41, 5.74) is 2.02. The number of rotatable bonds is 6. The Morgan fingerprint density at radius 1 is 1.10 bits per heavy atom. The molecular formula is C22H17F3N6. The number of pyridine rings is 1. The number of nitrogens with one attached hydrogen (secondary N) is 1. The van der Waals surface area contributed by atoms with E-state index in [2.05, 4.69) is 20.3 Å². The SMILES string of the molecule is N#Cc1ccc(CCCNc2nc(-c3cccc(C(F)(F)F)c3)cc3nccn23)nc1. The lowest BCUT2D eigenvalue weighted by atomic mass is 10.1. The molecule has 0 saturated heterocycles. The van der Waals surface area contributed by atoms with Crippen molar-refractivity contribution in [3.05, 3.63) is 77.9 Å². The second-order valence-electron chi connectivity index (χ2n) is 6.88. The topological polar surface area (TPSA) is 78.9 Å². The van der Waals surface area contributed by atoms with Gasteiger partial charge in [-0.25, -0.2) is 9.97 Å². The minimum absolute atomic E-state index is 0.366. The Hall–Kier alpha value is -3.93. The second-order valence-corrected chi connectivity index (χ2v) is 6.88. The Morgan fingerprint density at radius 3 is 2.71 bits per heavy atom. The molecule has 0 aliphatic rings. The van der Waals surface area contributed by atoms with Crippen LogP contribution in [0.4, 0.5) is 19.1 Å². The van der Waals surface area contributed by atoms with Gasteiger partial charge in [0.05, 0.1) is 16.8 Å². The number of halogens is 3. The largest absolute Gasteiger partial charge is 0.416 e. The highest BCUT2D eigenvalue weighted by Gasteiger charge is 2.30. The highest BCUT2D eigenvalue weighted by molar-refractivity contribution is 5.66. The number of hydrogen-bond donors (Lipinski definition) is 1. The Balaban J connectivity index is 1.51. The van der Waals surface area contributed by atoms with Crippen molar-refractivity contribution >= 4 is 11.6 Å². The minimum Gasteiger partial charge on any atom is -0.355 e. The molecule has 4 rings (SSSR count). The molecule has 0 spiro atoms. The molecule has 9 heteroatoms. The number of nitriles is 1. The van der Waals surface area contributed by atoms with Crippen LogP contribution in [0.5, 0.6) is 0 Å². The van der Waals surface area contributed by atoms with E-state index >= 15 is 0 Å². The molecule has 0 bridgehead atoms. The summed E-state index contributed by atoms with van der Waals surface area (Å²) < 4.78 is 41.0. The van der Waals surface area contributed by atoms with Crippen LogP contribution in [-0.2, 0) is 12.6 Å². The molecule has 3 aromatic heterocycles. The van der Waals surface area contributed by atoms with Gasteiger partial charge in [0.1, 0.15) is 11.7 Å². The molecule has 0 aliphatic carbocycles. The fraction of sp³-hybridized carbons (Fsp3) is 0.182. The maximum atomic E-state index is 13.1. The van der Waals surface area contributed by atoms with Gasteiger partial charge in [-0.3, -0.25) is 9.38 Å². The molecule has 4 aromatic rings. The maximum absolute atomic E-state index is 13.1. The van der Waals surface area contributed by atoms with E-state index < -0.39 is 11.7 Å². The fourth-order valence-electron chi connectivity index (χ4n) is 3.16. The molecule has 0 radical (unpaired) electrons.